The van der Waals surface area contributed by atoms with Gasteiger partial charge in [0, 0.05) is 32.4 Å². The summed E-state index contributed by atoms with van der Waals surface area (Å²) in [4.78, 5) is 2.45. The Labute approximate surface area is 124 Å². The molecule has 3 rings (SSSR count). The smallest absolute Gasteiger partial charge is 0.240 e. The van der Waals surface area contributed by atoms with Crippen LogP contribution in [0.15, 0.2) is 47.6 Å². The van der Waals surface area contributed by atoms with Gasteiger partial charge in [0.2, 0.25) is 10.0 Å². The van der Waals surface area contributed by atoms with Gasteiger partial charge in [0.1, 0.15) is 0 Å². The summed E-state index contributed by atoms with van der Waals surface area (Å²) in [5.41, 5.74) is 1.03. The quantitative estimate of drug-likeness (QED) is 0.914. The minimum atomic E-state index is -3.44. The van der Waals surface area contributed by atoms with Gasteiger partial charge in [0.15, 0.2) is 0 Å². The van der Waals surface area contributed by atoms with Crippen LogP contribution in [0.2, 0.25) is 0 Å². The van der Waals surface area contributed by atoms with E-state index in [0.717, 1.165) is 18.7 Å². The van der Waals surface area contributed by atoms with Crippen LogP contribution >= 0.6 is 0 Å². The zero-order valence-corrected chi connectivity index (χ0v) is 12.6. The fourth-order valence-corrected chi connectivity index (χ4v) is 3.83. The highest BCUT2D eigenvalue weighted by atomic mass is 32.2. The largest absolute Gasteiger partial charge is 0.367 e. The van der Waals surface area contributed by atoms with Gasteiger partial charge >= 0.3 is 0 Å². The molecule has 1 aromatic heterocycles. The molecule has 1 saturated heterocycles. The van der Waals surface area contributed by atoms with Gasteiger partial charge in [-0.3, -0.25) is 4.68 Å². The first-order chi connectivity index (χ1) is 10.0. The molecule has 0 bridgehead atoms. The number of aryl methyl sites for hydroxylation is 1. The van der Waals surface area contributed by atoms with Gasteiger partial charge in [0.05, 0.1) is 16.8 Å². The third-order valence-electron chi connectivity index (χ3n) is 3.62. The molecule has 1 aliphatic rings. The second-order valence-electron chi connectivity index (χ2n) is 5.24. The molecule has 0 unspecified atom stereocenters. The predicted octanol–water partition coefficient (Wildman–Crippen LogP) is 0.977. The first-order valence-electron chi connectivity index (χ1n) is 6.85. The number of nitrogens with one attached hydrogen (secondary N) is 1. The lowest BCUT2D eigenvalue weighted by molar-refractivity contribution is 0.561. The lowest BCUT2D eigenvalue weighted by Crippen LogP contribution is -2.37. The van der Waals surface area contributed by atoms with Crippen molar-refractivity contribution < 1.29 is 8.42 Å². The van der Waals surface area contributed by atoms with E-state index in [2.05, 4.69) is 14.7 Å². The van der Waals surface area contributed by atoms with Gasteiger partial charge in [0.25, 0.3) is 0 Å². The molecule has 0 amide bonds. The highest BCUT2D eigenvalue weighted by Gasteiger charge is 2.27. The summed E-state index contributed by atoms with van der Waals surface area (Å²) in [6.45, 7) is 1.49. The van der Waals surface area contributed by atoms with Crippen LogP contribution in [-0.4, -0.2) is 37.3 Å². The molecule has 1 N–H and O–H groups in total. The van der Waals surface area contributed by atoms with Gasteiger partial charge < -0.3 is 4.90 Å². The molecule has 1 aromatic carbocycles. The van der Waals surface area contributed by atoms with Crippen molar-refractivity contribution in [2.45, 2.75) is 17.4 Å². The fraction of sp³-hybridized carbons (Fsp3) is 0.357. The van der Waals surface area contributed by atoms with Gasteiger partial charge in [-0.05, 0) is 18.6 Å². The van der Waals surface area contributed by atoms with Crippen LogP contribution in [0.5, 0.6) is 0 Å². The standard InChI is InChI=1S/C14H18N4O2S/c1-17-11-13(9-15-17)18-8-7-12(10-18)16-21(19,20)14-5-3-2-4-6-14/h2-6,9,11-12,16H,7-8,10H2,1H3/t12-/m0/s1. The number of sulfonamides is 1. The van der Waals surface area contributed by atoms with Crippen LogP contribution < -0.4 is 9.62 Å². The van der Waals surface area contributed by atoms with Gasteiger partial charge in [-0.2, -0.15) is 5.10 Å². The minimum absolute atomic E-state index is 0.0737. The van der Waals surface area contributed by atoms with Crippen LogP contribution in [-0.2, 0) is 17.1 Å². The third-order valence-corrected chi connectivity index (χ3v) is 5.16. The highest BCUT2D eigenvalue weighted by molar-refractivity contribution is 7.89. The Balaban J connectivity index is 1.67. The molecule has 21 heavy (non-hydrogen) atoms. The molecular formula is C14H18N4O2S. The zero-order valence-electron chi connectivity index (χ0n) is 11.8. The first kappa shape index (κ1) is 14.1. The minimum Gasteiger partial charge on any atom is -0.367 e. The molecule has 0 spiro atoms. The van der Waals surface area contributed by atoms with E-state index in [0.29, 0.717) is 11.4 Å². The summed E-state index contributed by atoms with van der Waals surface area (Å²) in [5, 5.41) is 4.14. The molecule has 2 aromatic rings. The van der Waals surface area contributed by atoms with Crippen molar-refractivity contribution in [3.8, 4) is 0 Å². The lowest BCUT2D eigenvalue weighted by atomic mass is 10.3. The highest BCUT2D eigenvalue weighted by Crippen LogP contribution is 2.20. The summed E-state index contributed by atoms with van der Waals surface area (Å²) in [6, 6.07) is 8.40. The lowest BCUT2D eigenvalue weighted by Gasteiger charge is -2.17. The monoisotopic (exact) mass is 306 g/mol. The fourth-order valence-electron chi connectivity index (χ4n) is 2.55. The Hall–Kier alpha value is -1.86. The summed E-state index contributed by atoms with van der Waals surface area (Å²) in [7, 11) is -1.57. The Morgan fingerprint density at radius 2 is 2.05 bits per heavy atom. The summed E-state index contributed by atoms with van der Waals surface area (Å²) < 4.78 is 29.1. The average Bonchev–Trinajstić information content (AvgIpc) is 3.08. The van der Waals surface area contributed by atoms with E-state index in [-0.39, 0.29) is 6.04 Å². The average molecular weight is 306 g/mol. The Morgan fingerprint density at radius 3 is 2.71 bits per heavy atom. The molecule has 7 heteroatoms. The molecule has 0 aliphatic carbocycles. The van der Waals surface area contributed by atoms with Crippen molar-refractivity contribution >= 4 is 15.7 Å². The van der Waals surface area contributed by atoms with E-state index in [1.807, 2.05) is 13.2 Å². The van der Waals surface area contributed by atoms with Gasteiger partial charge in [-0.15, -0.1) is 0 Å². The van der Waals surface area contributed by atoms with E-state index >= 15 is 0 Å². The number of benzene rings is 1. The molecule has 0 saturated carbocycles. The molecule has 1 atom stereocenters. The zero-order chi connectivity index (χ0) is 14.9. The number of nitrogens with zero attached hydrogens (tertiary/aromatic N) is 3. The van der Waals surface area contributed by atoms with E-state index < -0.39 is 10.0 Å². The van der Waals surface area contributed by atoms with Gasteiger partial charge in [-0.1, -0.05) is 18.2 Å². The topological polar surface area (TPSA) is 67.2 Å². The van der Waals surface area contributed by atoms with Crippen molar-refractivity contribution in [2.24, 2.45) is 7.05 Å². The Morgan fingerprint density at radius 1 is 1.29 bits per heavy atom. The number of anilines is 1. The normalized spacial score (nSPS) is 19.1. The van der Waals surface area contributed by atoms with Crippen LogP contribution in [0.3, 0.4) is 0 Å². The predicted molar refractivity (Wildman–Crippen MR) is 80.6 cm³/mol. The van der Waals surface area contributed by atoms with E-state index in [1.165, 1.54) is 0 Å². The molecular weight excluding hydrogens is 288 g/mol. The van der Waals surface area contributed by atoms with E-state index in [4.69, 9.17) is 0 Å². The third kappa shape index (κ3) is 3.08. The van der Waals surface area contributed by atoms with Crippen LogP contribution in [0.25, 0.3) is 0 Å². The number of aromatic nitrogens is 2. The van der Waals surface area contributed by atoms with Crippen LogP contribution in [0, 0.1) is 0 Å². The molecule has 6 nitrogen and oxygen atoms in total. The Kier molecular flexibility index (Phi) is 3.69. The molecule has 2 heterocycles. The first-order valence-corrected chi connectivity index (χ1v) is 8.34. The second kappa shape index (κ2) is 5.50. The van der Waals surface area contributed by atoms with Crippen molar-refractivity contribution in [1.29, 1.82) is 0 Å². The summed E-state index contributed by atoms with van der Waals surface area (Å²) in [5.74, 6) is 0. The maximum Gasteiger partial charge on any atom is 0.240 e. The molecule has 112 valence electrons. The van der Waals surface area contributed by atoms with Crippen molar-refractivity contribution in [3.63, 3.8) is 0 Å². The van der Waals surface area contributed by atoms with Gasteiger partial charge in [-0.25, -0.2) is 13.1 Å². The number of rotatable bonds is 4. The van der Waals surface area contributed by atoms with Crippen molar-refractivity contribution in [2.75, 3.05) is 18.0 Å². The molecule has 0 radical (unpaired) electrons. The van der Waals surface area contributed by atoms with Crippen molar-refractivity contribution in [3.05, 3.63) is 42.7 Å². The van der Waals surface area contributed by atoms with Crippen LogP contribution in [0.1, 0.15) is 6.42 Å². The summed E-state index contributed by atoms with van der Waals surface area (Å²) in [6.07, 6.45) is 4.53. The number of hydrogen-bond acceptors (Lipinski definition) is 4. The maximum atomic E-state index is 12.3. The molecule has 1 fully saturated rings. The SMILES string of the molecule is Cn1cc(N2CC[C@H](NS(=O)(=O)c3ccccc3)C2)cn1. The maximum absolute atomic E-state index is 12.3. The van der Waals surface area contributed by atoms with Crippen LogP contribution in [0.4, 0.5) is 5.69 Å². The van der Waals surface area contributed by atoms with E-state index in [1.54, 1.807) is 41.2 Å². The summed E-state index contributed by atoms with van der Waals surface area (Å²) >= 11 is 0. The molecule has 1 aliphatic heterocycles. The van der Waals surface area contributed by atoms with Crippen molar-refractivity contribution in [1.82, 2.24) is 14.5 Å². The van der Waals surface area contributed by atoms with E-state index in [9.17, 15) is 8.42 Å². The Bertz CT molecular complexity index is 712. The number of hydrogen-bond donors (Lipinski definition) is 1. The second-order valence-corrected chi connectivity index (χ2v) is 6.95.